The minimum atomic E-state index is -0.222. The number of aryl methyl sites for hydroxylation is 2. The second-order valence-corrected chi connectivity index (χ2v) is 7.18. The molecule has 0 fully saturated rings. The minimum absolute atomic E-state index is 0.0293. The molecule has 0 aromatic carbocycles. The number of carbonyl (C=O) groups is 1. The van der Waals surface area contributed by atoms with Crippen molar-refractivity contribution in [3.05, 3.63) is 21.4 Å². The Balaban J connectivity index is 2.55. The summed E-state index contributed by atoms with van der Waals surface area (Å²) in [6, 6.07) is 1.68. The maximum absolute atomic E-state index is 12.0. The van der Waals surface area contributed by atoms with E-state index in [9.17, 15) is 9.90 Å². The highest BCUT2D eigenvalue weighted by Crippen LogP contribution is 2.25. The summed E-state index contributed by atoms with van der Waals surface area (Å²) in [6.45, 7) is 10.2. The van der Waals surface area contributed by atoms with Crippen molar-refractivity contribution < 1.29 is 9.90 Å². The normalized spacial score (nSPS) is 14.2. The largest absolute Gasteiger partial charge is 0.394 e. The van der Waals surface area contributed by atoms with Gasteiger partial charge < -0.3 is 15.7 Å². The Kier molecular flexibility index (Phi) is 6.49. The fraction of sp³-hybridized carbons (Fsp3) is 0.667. The number of thiophene rings is 1. The molecule has 0 spiro atoms. The highest BCUT2D eigenvalue weighted by Gasteiger charge is 2.17. The van der Waals surface area contributed by atoms with Gasteiger partial charge in [0.15, 0.2) is 0 Å². The third-order valence-corrected chi connectivity index (χ3v) is 4.19. The molecular formula is C15H26N2O2S. The number of amides is 2. The molecule has 2 unspecified atom stereocenters. The predicted molar refractivity (Wildman–Crippen MR) is 84.2 cm³/mol. The lowest BCUT2D eigenvalue weighted by Gasteiger charge is -2.21. The molecule has 5 heteroatoms. The van der Waals surface area contributed by atoms with E-state index < -0.39 is 0 Å². The van der Waals surface area contributed by atoms with Crippen LogP contribution in [0.15, 0.2) is 6.07 Å². The fourth-order valence-electron chi connectivity index (χ4n) is 2.33. The summed E-state index contributed by atoms with van der Waals surface area (Å²) in [6.07, 6.45) is 0.773. The summed E-state index contributed by atoms with van der Waals surface area (Å²) in [5.41, 5.74) is 1.16. The highest BCUT2D eigenvalue weighted by atomic mass is 32.1. The summed E-state index contributed by atoms with van der Waals surface area (Å²) in [7, 11) is 0. The minimum Gasteiger partial charge on any atom is -0.394 e. The zero-order chi connectivity index (χ0) is 15.3. The number of urea groups is 1. The number of nitrogens with one attached hydrogen (secondary N) is 2. The Morgan fingerprint density at radius 1 is 1.30 bits per heavy atom. The topological polar surface area (TPSA) is 61.4 Å². The Labute approximate surface area is 125 Å². The molecule has 0 aliphatic carbocycles. The van der Waals surface area contributed by atoms with Crippen molar-refractivity contribution in [2.45, 2.75) is 53.1 Å². The van der Waals surface area contributed by atoms with Gasteiger partial charge in [0.05, 0.1) is 18.7 Å². The van der Waals surface area contributed by atoms with Crippen molar-refractivity contribution in [1.29, 1.82) is 0 Å². The molecule has 1 rings (SSSR count). The van der Waals surface area contributed by atoms with Crippen LogP contribution in [0.5, 0.6) is 0 Å². The summed E-state index contributed by atoms with van der Waals surface area (Å²) < 4.78 is 0. The van der Waals surface area contributed by atoms with Crippen molar-refractivity contribution in [2.24, 2.45) is 5.92 Å². The SMILES string of the molecule is Cc1cc(C(C)NC(=O)NC(CO)CC(C)C)c(C)s1. The third kappa shape index (κ3) is 5.13. The molecule has 114 valence electrons. The van der Waals surface area contributed by atoms with Gasteiger partial charge in [0.25, 0.3) is 0 Å². The predicted octanol–water partition coefficient (Wildman–Crippen LogP) is 3.13. The van der Waals surface area contributed by atoms with Crippen LogP contribution in [0, 0.1) is 19.8 Å². The number of hydrogen-bond donors (Lipinski definition) is 3. The summed E-state index contributed by atoms with van der Waals surface area (Å²) in [5, 5.41) is 15.0. The highest BCUT2D eigenvalue weighted by molar-refractivity contribution is 7.12. The average Bonchev–Trinajstić information content (AvgIpc) is 2.66. The van der Waals surface area contributed by atoms with E-state index in [1.54, 1.807) is 11.3 Å². The number of rotatable bonds is 6. The van der Waals surface area contributed by atoms with E-state index in [1.165, 1.54) is 9.75 Å². The molecule has 0 bridgehead atoms. The van der Waals surface area contributed by atoms with Gasteiger partial charge in [0, 0.05) is 9.75 Å². The van der Waals surface area contributed by atoms with Crippen molar-refractivity contribution in [3.8, 4) is 0 Å². The Morgan fingerprint density at radius 2 is 1.95 bits per heavy atom. The first kappa shape index (κ1) is 17.0. The van der Waals surface area contributed by atoms with Gasteiger partial charge in [0.2, 0.25) is 0 Å². The lowest BCUT2D eigenvalue weighted by atomic mass is 10.0. The maximum atomic E-state index is 12.0. The lowest BCUT2D eigenvalue weighted by Crippen LogP contribution is -2.45. The molecule has 0 saturated carbocycles. The van der Waals surface area contributed by atoms with Crippen LogP contribution in [0.25, 0.3) is 0 Å². The second-order valence-electron chi connectivity index (χ2n) is 5.72. The molecule has 0 radical (unpaired) electrons. The van der Waals surface area contributed by atoms with Crippen LogP contribution in [0.1, 0.15) is 48.6 Å². The van der Waals surface area contributed by atoms with E-state index in [2.05, 4.69) is 44.4 Å². The summed E-state index contributed by atoms with van der Waals surface area (Å²) in [5.74, 6) is 0.437. The number of aliphatic hydroxyl groups is 1. The van der Waals surface area contributed by atoms with E-state index >= 15 is 0 Å². The monoisotopic (exact) mass is 298 g/mol. The van der Waals surface area contributed by atoms with E-state index in [1.807, 2.05) is 6.92 Å². The van der Waals surface area contributed by atoms with Gasteiger partial charge in [-0.15, -0.1) is 11.3 Å². The van der Waals surface area contributed by atoms with E-state index in [4.69, 9.17) is 0 Å². The van der Waals surface area contributed by atoms with Crippen molar-refractivity contribution in [2.75, 3.05) is 6.61 Å². The molecule has 1 heterocycles. The summed E-state index contributed by atoms with van der Waals surface area (Å²) >= 11 is 1.74. The van der Waals surface area contributed by atoms with Gasteiger partial charge in [-0.25, -0.2) is 4.79 Å². The van der Waals surface area contributed by atoms with Crippen LogP contribution < -0.4 is 10.6 Å². The van der Waals surface area contributed by atoms with E-state index in [0.29, 0.717) is 5.92 Å². The van der Waals surface area contributed by atoms with Crippen LogP contribution in [0.4, 0.5) is 4.79 Å². The average molecular weight is 298 g/mol. The molecule has 3 N–H and O–H groups in total. The quantitative estimate of drug-likeness (QED) is 0.755. The Hall–Kier alpha value is -1.07. The molecule has 0 aliphatic heterocycles. The van der Waals surface area contributed by atoms with Gasteiger partial charge in [0.1, 0.15) is 0 Å². The Morgan fingerprint density at radius 3 is 2.40 bits per heavy atom. The zero-order valence-electron chi connectivity index (χ0n) is 13.0. The molecular weight excluding hydrogens is 272 g/mol. The smallest absolute Gasteiger partial charge is 0.315 e. The summed E-state index contributed by atoms with van der Waals surface area (Å²) in [4.78, 5) is 14.4. The van der Waals surface area contributed by atoms with Gasteiger partial charge in [-0.1, -0.05) is 13.8 Å². The first-order valence-corrected chi connectivity index (χ1v) is 7.90. The molecule has 4 nitrogen and oxygen atoms in total. The van der Waals surface area contributed by atoms with Gasteiger partial charge in [-0.3, -0.25) is 0 Å². The molecule has 2 amide bonds. The molecule has 0 aliphatic rings. The van der Waals surface area contributed by atoms with Gasteiger partial charge >= 0.3 is 6.03 Å². The lowest BCUT2D eigenvalue weighted by molar-refractivity contribution is 0.205. The van der Waals surface area contributed by atoms with E-state index in [0.717, 1.165) is 12.0 Å². The number of carbonyl (C=O) groups excluding carboxylic acids is 1. The van der Waals surface area contributed by atoms with Crippen molar-refractivity contribution >= 4 is 17.4 Å². The molecule has 1 aromatic heterocycles. The second kappa shape index (κ2) is 7.64. The van der Waals surface area contributed by atoms with Crippen LogP contribution in [-0.2, 0) is 0 Å². The first-order chi connectivity index (χ1) is 9.33. The van der Waals surface area contributed by atoms with Crippen LogP contribution in [0.2, 0.25) is 0 Å². The van der Waals surface area contributed by atoms with E-state index in [-0.39, 0.29) is 24.7 Å². The van der Waals surface area contributed by atoms with Gasteiger partial charge in [-0.2, -0.15) is 0 Å². The molecule has 20 heavy (non-hydrogen) atoms. The van der Waals surface area contributed by atoms with Crippen LogP contribution in [-0.4, -0.2) is 23.8 Å². The van der Waals surface area contributed by atoms with Crippen LogP contribution in [0.3, 0.4) is 0 Å². The Bertz CT molecular complexity index is 443. The van der Waals surface area contributed by atoms with Crippen molar-refractivity contribution in [1.82, 2.24) is 10.6 Å². The van der Waals surface area contributed by atoms with Crippen molar-refractivity contribution in [3.63, 3.8) is 0 Å². The zero-order valence-corrected chi connectivity index (χ0v) is 13.8. The maximum Gasteiger partial charge on any atom is 0.315 e. The van der Waals surface area contributed by atoms with Crippen LogP contribution >= 0.6 is 11.3 Å². The standard InChI is InChI=1S/C15H26N2O2S/c1-9(2)6-13(8-18)17-15(19)16-11(4)14-7-10(3)20-12(14)5/h7,9,11,13,18H,6,8H2,1-5H3,(H2,16,17,19). The molecule has 0 saturated heterocycles. The molecule has 1 aromatic rings. The van der Waals surface area contributed by atoms with Gasteiger partial charge in [-0.05, 0) is 44.7 Å². The fourth-order valence-corrected chi connectivity index (χ4v) is 3.35. The first-order valence-electron chi connectivity index (χ1n) is 7.08. The number of aliphatic hydroxyl groups excluding tert-OH is 1. The third-order valence-electron chi connectivity index (χ3n) is 3.21. The number of hydrogen-bond acceptors (Lipinski definition) is 3. The molecule has 2 atom stereocenters.